The van der Waals surface area contributed by atoms with Gasteiger partial charge in [-0.3, -0.25) is 10.1 Å². The molecule has 0 bridgehead atoms. The highest BCUT2D eigenvalue weighted by molar-refractivity contribution is 9.10. The Hall–Kier alpha value is -1.67. The Kier molecular flexibility index (Phi) is 5.13. The quantitative estimate of drug-likeness (QED) is 0.501. The number of nitrogens with zero attached hydrogens (tertiary/aromatic N) is 2. The molecule has 1 aliphatic heterocycles. The molecule has 1 aromatic carbocycles. The third kappa shape index (κ3) is 3.51. The summed E-state index contributed by atoms with van der Waals surface area (Å²) in [5.74, 6) is -0.376. The number of carbonyl (C=O) groups is 1. The van der Waals surface area contributed by atoms with Crippen molar-refractivity contribution in [1.29, 1.82) is 0 Å². The monoisotopic (exact) mass is 357 g/mol. The van der Waals surface area contributed by atoms with Gasteiger partial charge in [0.25, 0.3) is 5.69 Å². The van der Waals surface area contributed by atoms with Crippen molar-refractivity contribution in [2.75, 3.05) is 31.1 Å². The molecule has 1 fully saturated rings. The summed E-state index contributed by atoms with van der Waals surface area (Å²) in [6.07, 6.45) is 0. The molecule has 1 saturated heterocycles. The number of nitro groups is 1. The maximum absolute atomic E-state index is 12.1. The Morgan fingerprint density at radius 3 is 3.05 bits per heavy atom. The zero-order valence-electron chi connectivity index (χ0n) is 11.5. The molecule has 1 N–H and O–H groups in total. The van der Waals surface area contributed by atoms with Gasteiger partial charge in [-0.1, -0.05) is 15.9 Å². The fourth-order valence-corrected chi connectivity index (χ4v) is 2.67. The van der Waals surface area contributed by atoms with Crippen LogP contribution in [0.5, 0.6) is 0 Å². The average Bonchev–Trinajstić information content (AvgIpc) is 2.47. The van der Waals surface area contributed by atoms with Crippen LogP contribution in [0.25, 0.3) is 0 Å². The van der Waals surface area contributed by atoms with E-state index in [4.69, 9.17) is 4.74 Å². The first-order valence-corrected chi connectivity index (χ1v) is 7.41. The van der Waals surface area contributed by atoms with Crippen molar-refractivity contribution in [3.63, 3.8) is 0 Å². The van der Waals surface area contributed by atoms with Crippen LogP contribution in [0.2, 0.25) is 0 Å². The maximum atomic E-state index is 12.1. The van der Waals surface area contributed by atoms with Crippen LogP contribution >= 0.6 is 15.9 Å². The van der Waals surface area contributed by atoms with Crippen LogP contribution in [0.4, 0.5) is 11.4 Å². The number of piperazine rings is 1. The molecule has 1 heterocycles. The van der Waals surface area contributed by atoms with Crippen molar-refractivity contribution in [1.82, 2.24) is 5.32 Å². The van der Waals surface area contributed by atoms with Gasteiger partial charge in [-0.2, -0.15) is 0 Å². The maximum Gasteiger partial charge on any atom is 0.330 e. The van der Waals surface area contributed by atoms with Crippen LogP contribution < -0.4 is 10.2 Å². The third-order valence-electron chi connectivity index (χ3n) is 3.25. The molecule has 2 rings (SSSR count). The van der Waals surface area contributed by atoms with E-state index in [1.165, 1.54) is 6.07 Å². The molecular weight excluding hydrogens is 342 g/mol. The Morgan fingerprint density at radius 2 is 2.38 bits per heavy atom. The highest BCUT2D eigenvalue weighted by atomic mass is 79.9. The summed E-state index contributed by atoms with van der Waals surface area (Å²) >= 11 is 3.32. The second kappa shape index (κ2) is 6.86. The number of carbonyl (C=O) groups excluding carboxylic acids is 1. The van der Waals surface area contributed by atoms with Crippen LogP contribution in [-0.4, -0.2) is 43.2 Å². The second-order valence-corrected chi connectivity index (χ2v) is 5.47. The molecule has 21 heavy (non-hydrogen) atoms. The van der Waals surface area contributed by atoms with Gasteiger partial charge in [0, 0.05) is 30.2 Å². The molecule has 1 aliphatic rings. The van der Waals surface area contributed by atoms with E-state index >= 15 is 0 Å². The van der Waals surface area contributed by atoms with Crippen LogP contribution in [0.15, 0.2) is 22.7 Å². The molecular formula is C13H16BrN3O4. The minimum Gasteiger partial charge on any atom is -0.464 e. The highest BCUT2D eigenvalue weighted by Gasteiger charge is 2.33. The molecule has 0 spiro atoms. The van der Waals surface area contributed by atoms with Crippen LogP contribution in [-0.2, 0) is 9.53 Å². The van der Waals surface area contributed by atoms with Gasteiger partial charge in [0.2, 0.25) is 0 Å². The number of nitrogens with one attached hydrogen (secondary N) is 1. The molecule has 0 radical (unpaired) electrons. The molecule has 8 heteroatoms. The summed E-state index contributed by atoms with van der Waals surface area (Å²) < 4.78 is 5.79. The van der Waals surface area contributed by atoms with Crippen molar-refractivity contribution in [3.8, 4) is 0 Å². The van der Waals surface area contributed by atoms with Crippen LogP contribution in [0, 0.1) is 10.1 Å². The van der Waals surface area contributed by atoms with Crippen molar-refractivity contribution in [3.05, 3.63) is 32.8 Å². The largest absolute Gasteiger partial charge is 0.464 e. The summed E-state index contributed by atoms with van der Waals surface area (Å²) in [5, 5.41) is 14.3. The van der Waals surface area contributed by atoms with Crippen molar-refractivity contribution in [2.45, 2.75) is 13.0 Å². The van der Waals surface area contributed by atoms with Gasteiger partial charge < -0.3 is 15.0 Å². The molecule has 1 atom stereocenters. The van der Waals surface area contributed by atoms with E-state index in [-0.39, 0.29) is 18.3 Å². The lowest BCUT2D eigenvalue weighted by molar-refractivity contribution is -0.384. The van der Waals surface area contributed by atoms with Crippen molar-refractivity contribution in [2.24, 2.45) is 0 Å². The Balaban J connectivity index is 2.39. The number of benzene rings is 1. The summed E-state index contributed by atoms with van der Waals surface area (Å²) in [7, 11) is 0. The number of hydrogen-bond donors (Lipinski definition) is 1. The second-order valence-electron chi connectivity index (χ2n) is 4.56. The lowest BCUT2D eigenvalue weighted by Crippen LogP contribution is -2.55. The number of hydrogen-bond acceptors (Lipinski definition) is 6. The minimum atomic E-state index is -0.563. The smallest absolute Gasteiger partial charge is 0.330 e. The van der Waals surface area contributed by atoms with Gasteiger partial charge in [0.05, 0.1) is 11.5 Å². The summed E-state index contributed by atoms with van der Waals surface area (Å²) in [4.78, 5) is 24.6. The van der Waals surface area contributed by atoms with Crippen molar-refractivity contribution < 1.29 is 14.5 Å². The lowest BCUT2D eigenvalue weighted by atomic mass is 10.1. The average molecular weight is 358 g/mol. The Morgan fingerprint density at radius 1 is 1.62 bits per heavy atom. The summed E-state index contributed by atoms with van der Waals surface area (Å²) in [6.45, 7) is 3.58. The predicted molar refractivity (Wildman–Crippen MR) is 81.4 cm³/mol. The zero-order chi connectivity index (χ0) is 15.4. The van der Waals surface area contributed by atoms with Gasteiger partial charge in [-0.05, 0) is 19.1 Å². The van der Waals surface area contributed by atoms with Crippen molar-refractivity contribution >= 4 is 33.3 Å². The molecule has 114 valence electrons. The fraction of sp³-hybridized carbons (Fsp3) is 0.462. The van der Waals surface area contributed by atoms with Gasteiger partial charge in [0.1, 0.15) is 11.7 Å². The summed E-state index contributed by atoms with van der Waals surface area (Å²) in [5.41, 5.74) is 0.406. The van der Waals surface area contributed by atoms with Crippen LogP contribution in [0.1, 0.15) is 6.92 Å². The lowest BCUT2D eigenvalue weighted by Gasteiger charge is -2.35. The molecule has 1 aromatic rings. The number of rotatable bonds is 4. The first kappa shape index (κ1) is 15.7. The van der Waals surface area contributed by atoms with E-state index in [1.807, 2.05) is 0 Å². The van der Waals surface area contributed by atoms with E-state index in [0.29, 0.717) is 25.3 Å². The van der Waals surface area contributed by atoms with E-state index in [2.05, 4.69) is 21.2 Å². The number of halogens is 1. The number of ether oxygens (including phenoxy) is 1. The van der Waals surface area contributed by atoms with Gasteiger partial charge in [-0.15, -0.1) is 0 Å². The van der Waals surface area contributed by atoms with E-state index in [0.717, 1.165) is 4.47 Å². The molecule has 0 saturated carbocycles. The Labute approximate surface area is 130 Å². The Bertz CT molecular complexity index is 552. The van der Waals surface area contributed by atoms with E-state index in [1.54, 1.807) is 24.0 Å². The molecule has 1 unspecified atom stereocenters. The number of anilines is 1. The predicted octanol–water partition coefficient (Wildman–Crippen LogP) is 1.70. The third-order valence-corrected chi connectivity index (χ3v) is 3.74. The SMILES string of the molecule is CCOC(=O)C1CNCCN1c1cc(Br)ccc1[N+](=O)[O-]. The van der Waals surface area contributed by atoms with Gasteiger partial charge in [-0.25, -0.2) is 4.79 Å². The summed E-state index contributed by atoms with van der Waals surface area (Å²) in [6, 6.07) is 4.15. The van der Waals surface area contributed by atoms with E-state index in [9.17, 15) is 14.9 Å². The fourth-order valence-electron chi connectivity index (χ4n) is 2.32. The standard InChI is InChI=1S/C13H16BrN3O4/c1-2-21-13(18)12-8-15-5-6-16(12)11-7-9(14)3-4-10(11)17(19)20/h3-4,7,12,15H,2,5-6,8H2,1H3. The topological polar surface area (TPSA) is 84.7 Å². The molecule has 0 aliphatic carbocycles. The number of esters is 1. The van der Waals surface area contributed by atoms with Gasteiger partial charge in [0.15, 0.2) is 0 Å². The number of nitro benzene ring substituents is 1. The zero-order valence-corrected chi connectivity index (χ0v) is 13.1. The molecule has 0 aromatic heterocycles. The van der Waals surface area contributed by atoms with Gasteiger partial charge >= 0.3 is 5.97 Å². The van der Waals surface area contributed by atoms with E-state index < -0.39 is 11.0 Å². The first-order valence-electron chi connectivity index (χ1n) is 6.62. The highest BCUT2D eigenvalue weighted by Crippen LogP contribution is 2.33. The normalized spacial score (nSPS) is 18.4. The first-order chi connectivity index (χ1) is 10.0. The minimum absolute atomic E-state index is 0.0191. The van der Waals surface area contributed by atoms with Crippen LogP contribution in [0.3, 0.4) is 0 Å². The molecule has 0 amide bonds. The molecule has 7 nitrogen and oxygen atoms in total.